The highest BCUT2D eigenvalue weighted by Crippen LogP contribution is 2.33. The Morgan fingerprint density at radius 2 is 2.00 bits per heavy atom. The Morgan fingerprint density at radius 3 is 2.89 bits per heavy atom. The van der Waals surface area contributed by atoms with Gasteiger partial charge >= 0.3 is 0 Å². The van der Waals surface area contributed by atoms with Crippen LogP contribution in [0.25, 0.3) is 10.9 Å². The molecule has 1 fully saturated rings. The van der Waals surface area contributed by atoms with Gasteiger partial charge in [-0.05, 0) is 49.0 Å². The van der Waals surface area contributed by atoms with Crippen LogP contribution in [0, 0.1) is 16.7 Å². The second-order valence-corrected chi connectivity index (χ2v) is 7.28. The van der Waals surface area contributed by atoms with Gasteiger partial charge in [0.2, 0.25) is 0 Å². The van der Waals surface area contributed by atoms with Crippen molar-refractivity contribution in [1.82, 2.24) is 9.47 Å². The summed E-state index contributed by atoms with van der Waals surface area (Å²) in [4.78, 5) is 14.8. The van der Waals surface area contributed by atoms with Crippen molar-refractivity contribution in [2.45, 2.75) is 19.4 Å². The average Bonchev–Trinajstić information content (AvgIpc) is 3.09. The fourth-order valence-corrected chi connectivity index (χ4v) is 3.90. The minimum atomic E-state index is -0.353. The largest absolute Gasteiger partial charge is 0.465 e. The molecule has 2 unspecified atom stereocenters. The minimum absolute atomic E-state index is 0.0181. The van der Waals surface area contributed by atoms with Crippen LogP contribution in [-0.2, 0) is 11.3 Å². The van der Waals surface area contributed by atoms with Crippen molar-refractivity contribution in [3.63, 3.8) is 0 Å². The van der Waals surface area contributed by atoms with Gasteiger partial charge < -0.3 is 14.0 Å². The van der Waals surface area contributed by atoms with Gasteiger partial charge in [-0.2, -0.15) is 5.26 Å². The van der Waals surface area contributed by atoms with Crippen LogP contribution in [0.3, 0.4) is 0 Å². The quantitative estimate of drug-likeness (QED) is 0.718. The number of aromatic nitrogens is 1. The number of nitriles is 1. The number of hydrogen-bond donors (Lipinski definition) is 0. The first-order valence-electron chi connectivity index (χ1n) is 9.36. The molecule has 1 aromatic carbocycles. The maximum atomic E-state index is 12.5. The van der Waals surface area contributed by atoms with Gasteiger partial charge in [0, 0.05) is 38.4 Å². The van der Waals surface area contributed by atoms with Crippen molar-refractivity contribution in [2.24, 2.45) is 5.41 Å². The maximum Gasteiger partial charge on any atom is 0.251 e. The van der Waals surface area contributed by atoms with Crippen molar-refractivity contribution >= 4 is 10.9 Å². The summed E-state index contributed by atoms with van der Waals surface area (Å²) in [5.74, 6) is 0.690. The molecule has 4 rings (SSSR count). The molecule has 0 radical (unpaired) electrons. The zero-order valence-corrected chi connectivity index (χ0v) is 15.3. The van der Waals surface area contributed by atoms with Gasteiger partial charge in [0.1, 0.15) is 5.75 Å². The summed E-state index contributed by atoms with van der Waals surface area (Å²) >= 11 is 0. The van der Waals surface area contributed by atoms with Crippen LogP contribution in [0.2, 0.25) is 0 Å². The SMILES string of the molecule is N#CC12CCOC/C=C/Oc3ccc4ccc(=O)n(c4c3)CCN(CC1)C2. The summed E-state index contributed by atoms with van der Waals surface area (Å²) < 4.78 is 13.1. The van der Waals surface area contributed by atoms with Crippen LogP contribution < -0.4 is 10.3 Å². The van der Waals surface area contributed by atoms with Crippen LogP contribution in [0.4, 0.5) is 0 Å². The predicted molar refractivity (Wildman–Crippen MR) is 103 cm³/mol. The number of fused-ring (bicyclic) bond motifs is 3. The first-order valence-corrected chi connectivity index (χ1v) is 9.36. The maximum absolute atomic E-state index is 12.5. The van der Waals surface area contributed by atoms with Crippen molar-refractivity contribution in [3.8, 4) is 11.8 Å². The van der Waals surface area contributed by atoms with E-state index in [-0.39, 0.29) is 11.0 Å². The van der Waals surface area contributed by atoms with Crippen LogP contribution >= 0.6 is 0 Å². The lowest BCUT2D eigenvalue weighted by molar-refractivity contribution is 0.130. The Hall–Kier alpha value is -2.62. The highest BCUT2D eigenvalue weighted by atomic mass is 16.5. The number of benzene rings is 1. The predicted octanol–water partition coefficient (Wildman–Crippen LogP) is 2.53. The van der Waals surface area contributed by atoms with E-state index in [4.69, 9.17) is 9.47 Å². The average molecular weight is 365 g/mol. The van der Waals surface area contributed by atoms with Crippen molar-refractivity contribution in [1.29, 1.82) is 5.26 Å². The van der Waals surface area contributed by atoms with E-state index in [1.165, 1.54) is 0 Å². The molecule has 1 saturated heterocycles. The third kappa shape index (κ3) is 3.75. The molecule has 0 spiro atoms. The van der Waals surface area contributed by atoms with Crippen LogP contribution in [0.1, 0.15) is 12.8 Å². The molecule has 1 aromatic heterocycles. The smallest absolute Gasteiger partial charge is 0.251 e. The van der Waals surface area contributed by atoms with E-state index in [0.29, 0.717) is 25.5 Å². The van der Waals surface area contributed by atoms with Crippen LogP contribution in [0.15, 0.2) is 47.5 Å². The summed E-state index contributed by atoms with van der Waals surface area (Å²) in [5, 5.41) is 10.7. The lowest BCUT2D eigenvalue weighted by Gasteiger charge is -2.22. The van der Waals surface area contributed by atoms with Crippen LogP contribution in [-0.4, -0.2) is 42.3 Å². The fraction of sp³-hybridized carbons (Fsp3) is 0.429. The Bertz CT molecular complexity index is 959. The molecule has 6 heteroatoms. The van der Waals surface area contributed by atoms with Gasteiger partial charge in [0.15, 0.2) is 0 Å². The normalized spacial score (nSPS) is 27.1. The van der Waals surface area contributed by atoms with E-state index in [2.05, 4.69) is 11.0 Å². The molecule has 4 bridgehead atoms. The summed E-state index contributed by atoms with van der Waals surface area (Å²) in [6.45, 7) is 3.95. The molecule has 0 aliphatic carbocycles. The molecular formula is C21H23N3O3. The summed E-state index contributed by atoms with van der Waals surface area (Å²) in [5.41, 5.74) is 0.492. The van der Waals surface area contributed by atoms with Crippen molar-refractivity contribution in [3.05, 3.63) is 53.0 Å². The topological polar surface area (TPSA) is 67.5 Å². The van der Waals surface area contributed by atoms with Gasteiger partial charge in [-0.25, -0.2) is 0 Å². The van der Waals surface area contributed by atoms with Gasteiger partial charge in [0.25, 0.3) is 5.56 Å². The van der Waals surface area contributed by atoms with Gasteiger partial charge in [0.05, 0.1) is 29.9 Å². The molecule has 2 aliphatic heterocycles. The molecule has 0 N–H and O–H groups in total. The van der Waals surface area contributed by atoms with Gasteiger partial charge in [-0.3, -0.25) is 9.69 Å². The summed E-state index contributed by atoms with van der Waals surface area (Å²) in [6, 6.07) is 11.7. The molecule has 2 atom stereocenters. The molecule has 6 nitrogen and oxygen atoms in total. The molecule has 2 aliphatic rings. The monoisotopic (exact) mass is 365 g/mol. The molecule has 0 saturated carbocycles. The van der Waals surface area contributed by atoms with Crippen molar-refractivity contribution in [2.75, 3.05) is 32.8 Å². The number of ether oxygens (including phenoxy) is 2. The highest BCUT2D eigenvalue weighted by molar-refractivity contribution is 5.80. The Morgan fingerprint density at radius 1 is 1.11 bits per heavy atom. The van der Waals surface area contributed by atoms with Gasteiger partial charge in [-0.15, -0.1) is 0 Å². The number of nitrogens with zero attached hydrogens (tertiary/aromatic N) is 3. The second kappa shape index (κ2) is 7.55. The molecule has 140 valence electrons. The first kappa shape index (κ1) is 17.8. The number of rotatable bonds is 0. The number of hydrogen-bond acceptors (Lipinski definition) is 5. The van der Waals surface area contributed by atoms with Crippen LogP contribution in [0.5, 0.6) is 5.75 Å². The standard InChI is InChI=1S/C21H23N3O3/c22-15-21-6-8-23(16-21)9-10-24-19-14-18(27-12-1-11-26-13-7-21)4-2-17(19)3-5-20(24)25/h1-5,12,14H,6-11,13,16H2/b12-1+. The minimum Gasteiger partial charge on any atom is -0.465 e. The lowest BCUT2D eigenvalue weighted by Crippen LogP contribution is -2.32. The van der Waals surface area contributed by atoms with E-state index < -0.39 is 0 Å². The van der Waals surface area contributed by atoms with Crippen molar-refractivity contribution < 1.29 is 9.47 Å². The molecule has 0 amide bonds. The molecule has 3 heterocycles. The van der Waals surface area contributed by atoms with E-state index in [0.717, 1.165) is 43.4 Å². The molecule has 27 heavy (non-hydrogen) atoms. The van der Waals surface area contributed by atoms with Gasteiger partial charge in [-0.1, -0.05) is 0 Å². The fourth-order valence-electron chi connectivity index (χ4n) is 3.90. The molecular weight excluding hydrogens is 342 g/mol. The first-order chi connectivity index (χ1) is 13.2. The lowest BCUT2D eigenvalue weighted by atomic mass is 9.86. The Kier molecular flexibility index (Phi) is 4.97. The Labute approximate surface area is 158 Å². The van der Waals surface area contributed by atoms with E-state index in [9.17, 15) is 10.1 Å². The zero-order valence-electron chi connectivity index (χ0n) is 15.3. The summed E-state index contributed by atoms with van der Waals surface area (Å²) in [7, 11) is 0. The molecule has 2 aromatic rings. The third-order valence-electron chi connectivity index (χ3n) is 5.51. The second-order valence-electron chi connectivity index (χ2n) is 7.28. The number of pyridine rings is 1. The third-order valence-corrected chi connectivity index (χ3v) is 5.51. The van der Waals surface area contributed by atoms with E-state index in [1.54, 1.807) is 16.9 Å². The Balaban J connectivity index is 1.68. The highest BCUT2D eigenvalue weighted by Gasteiger charge is 2.37. The zero-order chi connectivity index (χ0) is 18.7. The summed E-state index contributed by atoms with van der Waals surface area (Å²) in [6.07, 6.45) is 4.99. The van der Waals surface area contributed by atoms with E-state index >= 15 is 0 Å². The van der Waals surface area contributed by atoms with E-state index in [1.807, 2.05) is 30.3 Å².